The van der Waals surface area contributed by atoms with Gasteiger partial charge in [0.25, 0.3) is 0 Å². The maximum atomic E-state index is 13.4. The van der Waals surface area contributed by atoms with Gasteiger partial charge >= 0.3 is 5.97 Å². The van der Waals surface area contributed by atoms with Crippen LogP contribution >= 0.6 is 0 Å². The van der Waals surface area contributed by atoms with Crippen molar-refractivity contribution in [3.8, 4) is 11.5 Å². The Morgan fingerprint density at radius 1 is 1.14 bits per heavy atom. The zero-order chi connectivity index (χ0) is 14.7. The van der Waals surface area contributed by atoms with Gasteiger partial charge in [-0.1, -0.05) is 24.3 Å². The zero-order valence-corrected chi connectivity index (χ0v) is 11.1. The molecule has 0 bridgehead atoms. The van der Waals surface area contributed by atoms with Crippen molar-refractivity contribution in [2.24, 2.45) is 0 Å². The average Bonchev–Trinajstić information content (AvgIpc) is 2.53. The average molecular weight is 288 g/mol. The van der Waals surface area contributed by atoms with Gasteiger partial charge in [0.1, 0.15) is 19.0 Å². The number of hydrogen-bond donors (Lipinski definition) is 0. The Hall–Kier alpha value is -2.56. The monoisotopic (exact) mass is 288 g/mol. The van der Waals surface area contributed by atoms with Crippen LogP contribution in [0.4, 0.5) is 4.39 Å². The summed E-state index contributed by atoms with van der Waals surface area (Å²) in [7, 11) is 0. The number of carbonyl (C=O) groups is 1. The lowest BCUT2D eigenvalue weighted by Crippen LogP contribution is -2.34. The van der Waals surface area contributed by atoms with Crippen LogP contribution in [-0.2, 0) is 4.74 Å². The van der Waals surface area contributed by atoms with Crippen LogP contribution < -0.4 is 9.47 Å². The molecule has 0 amide bonds. The van der Waals surface area contributed by atoms with Gasteiger partial charge in [0.15, 0.2) is 17.6 Å². The first-order valence-corrected chi connectivity index (χ1v) is 6.54. The van der Waals surface area contributed by atoms with Crippen LogP contribution in [0.5, 0.6) is 11.5 Å². The SMILES string of the molecule is O=C(OC[C@H]1COc2ccccc2O1)c1ccccc1F. The summed E-state index contributed by atoms with van der Waals surface area (Å²) < 4.78 is 29.7. The van der Waals surface area contributed by atoms with E-state index in [1.807, 2.05) is 12.1 Å². The normalized spacial score (nSPS) is 16.3. The van der Waals surface area contributed by atoms with Crippen molar-refractivity contribution in [1.82, 2.24) is 0 Å². The number of para-hydroxylation sites is 2. The topological polar surface area (TPSA) is 44.8 Å². The second-order valence-electron chi connectivity index (χ2n) is 4.58. The lowest BCUT2D eigenvalue weighted by atomic mass is 10.2. The molecule has 1 aliphatic rings. The van der Waals surface area contributed by atoms with Gasteiger partial charge in [-0.15, -0.1) is 0 Å². The fraction of sp³-hybridized carbons (Fsp3) is 0.188. The van der Waals surface area contributed by atoms with Crippen molar-refractivity contribution < 1.29 is 23.4 Å². The van der Waals surface area contributed by atoms with Crippen LogP contribution in [0.25, 0.3) is 0 Å². The van der Waals surface area contributed by atoms with Gasteiger partial charge in [-0.2, -0.15) is 0 Å². The minimum Gasteiger partial charge on any atom is -0.486 e. The summed E-state index contributed by atoms with van der Waals surface area (Å²) in [5.74, 6) is -0.0471. The number of fused-ring (bicyclic) bond motifs is 1. The van der Waals surface area contributed by atoms with Gasteiger partial charge in [0.05, 0.1) is 5.56 Å². The fourth-order valence-corrected chi connectivity index (χ4v) is 2.02. The Kier molecular flexibility index (Phi) is 3.73. The maximum absolute atomic E-state index is 13.4. The van der Waals surface area contributed by atoms with Crippen molar-refractivity contribution >= 4 is 5.97 Å². The zero-order valence-electron chi connectivity index (χ0n) is 11.1. The second kappa shape index (κ2) is 5.83. The van der Waals surface area contributed by atoms with E-state index in [-0.39, 0.29) is 18.8 Å². The van der Waals surface area contributed by atoms with Gasteiger partial charge < -0.3 is 14.2 Å². The molecule has 21 heavy (non-hydrogen) atoms. The van der Waals surface area contributed by atoms with Crippen LogP contribution in [0, 0.1) is 5.82 Å². The molecule has 0 saturated carbocycles. The summed E-state index contributed by atoms with van der Waals surface area (Å²) in [6.45, 7) is 0.281. The predicted molar refractivity (Wildman–Crippen MR) is 73.0 cm³/mol. The third-order valence-corrected chi connectivity index (χ3v) is 3.06. The summed E-state index contributed by atoms with van der Waals surface area (Å²) in [5, 5.41) is 0. The maximum Gasteiger partial charge on any atom is 0.341 e. The minimum atomic E-state index is -0.712. The summed E-state index contributed by atoms with van der Waals surface area (Å²) >= 11 is 0. The highest BCUT2D eigenvalue weighted by molar-refractivity contribution is 5.89. The quantitative estimate of drug-likeness (QED) is 0.815. The van der Waals surface area contributed by atoms with E-state index in [1.54, 1.807) is 18.2 Å². The molecule has 1 aliphatic heterocycles. The largest absolute Gasteiger partial charge is 0.486 e. The highest BCUT2D eigenvalue weighted by atomic mass is 19.1. The van der Waals surface area contributed by atoms with Crippen LogP contribution in [0.15, 0.2) is 48.5 Å². The van der Waals surface area contributed by atoms with E-state index in [4.69, 9.17) is 14.2 Å². The molecule has 4 nitrogen and oxygen atoms in total. The highest BCUT2D eigenvalue weighted by Gasteiger charge is 2.23. The van der Waals surface area contributed by atoms with Gasteiger partial charge in [-0.3, -0.25) is 0 Å². The fourth-order valence-electron chi connectivity index (χ4n) is 2.02. The Morgan fingerprint density at radius 2 is 1.86 bits per heavy atom. The highest BCUT2D eigenvalue weighted by Crippen LogP contribution is 2.30. The van der Waals surface area contributed by atoms with E-state index >= 15 is 0 Å². The molecular formula is C16H13FO4. The van der Waals surface area contributed by atoms with Crippen molar-refractivity contribution in [3.63, 3.8) is 0 Å². The van der Waals surface area contributed by atoms with Crippen LogP contribution in [0.1, 0.15) is 10.4 Å². The molecular weight excluding hydrogens is 275 g/mol. The number of rotatable bonds is 3. The molecule has 0 spiro atoms. The molecule has 0 N–H and O–H groups in total. The Balaban J connectivity index is 1.59. The van der Waals surface area contributed by atoms with Gasteiger partial charge in [-0.05, 0) is 24.3 Å². The van der Waals surface area contributed by atoms with Crippen molar-refractivity contribution in [2.75, 3.05) is 13.2 Å². The Labute approximate surface area is 121 Å². The minimum absolute atomic E-state index is 0.00149. The third kappa shape index (κ3) is 2.97. The van der Waals surface area contributed by atoms with Gasteiger partial charge in [0, 0.05) is 0 Å². The molecule has 108 valence electrons. The van der Waals surface area contributed by atoms with Crippen molar-refractivity contribution in [1.29, 1.82) is 0 Å². The molecule has 3 rings (SSSR count). The number of halogens is 1. The molecule has 5 heteroatoms. The lowest BCUT2D eigenvalue weighted by molar-refractivity contribution is 0.0106. The Morgan fingerprint density at radius 3 is 2.67 bits per heavy atom. The third-order valence-electron chi connectivity index (χ3n) is 3.06. The van der Waals surface area contributed by atoms with E-state index in [0.29, 0.717) is 11.5 Å². The van der Waals surface area contributed by atoms with E-state index in [1.165, 1.54) is 18.2 Å². The molecule has 1 heterocycles. The van der Waals surface area contributed by atoms with Crippen molar-refractivity contribution in [3.05, 3.63) is 59.9 Å². The lowest BCUT2D eigenvalue weighted by Gasteiger charge is -2.26. The Bertz CT molecular complexity index is 656. The number of esters is 1. The summed E-state index contributed by atoms with van der Waals surface area (Å²) in [4.78, 5) is 11.8. The van der Waals surface area contributed by atoms with E-state index in [0.717, 1.165) is 0 Å². The molecule has 1 atom stereocenters. The predicted octanol–water partition coefficient (Wildman–Crippen LogP) is 2.82. The molecule has 2 aromatic rings. The molecule has 0 radical (unpaired) electrons. The standard InChI is InChI=1S/C16H13FO4/c17-13-6-2-1-5-12(13)16(18)20-10-11-9-19-14-7-3-4-8-15(14)21-11/h1-8,11H,9-10H2/t11-/m1/s1. The van der Waals surface area contributed by atoms with Crippen LogP contribution in [-0.4, -0.2) is 25.3 Å². The second-order valence-corrected chi connectivity index (χ2v) is 4.58. The molecule has 0 saturated heterocycles. The van der Waals surface area contributed by atoms with Crippen LogP contribution in [0.3, 0.4) is 0 Å². The summed E-state index contributed by atoms with van der Waals surface area (Å²) in [5.41, 5.74) is -0.0883. The first-order valence-electron chi connectivity index (χ1n) is 6.54. The number of hydrogen-bond acceptors (Lipinski definition) is 4. The first kappa shape index (κ1) is 13.4. The molecule has 2 aromatic carbocycles. The molecule has 0 fully saturated rings. The molecule has 0 aliphatic carbocycles. The van der Waals surface area contributed by atoms with Gasteiger partial charge in [0.2, 0.25) is 0 Å². The number of carbonyl (C=O) groups excluding carboxylic acids is 1. The van der Waals surface area contributed by atoms with Crippen molar-refractivity contribution in [2.45, 2.75) is 6.10 Å². The first-order chi connectivity index (χ1) is 10.2. The van der Waals surface area contributed by atoms with E-state index in [9.17, 15) is 9.18 Å². The number of benzene rings is 2. The molecule has 0 unspecified atom stereocenters. The van der Waals surface area contributed by atoms with E-state index in [2.05, 4.69) is 0 Å². The smallest absolute Gasteiger partial charge is 0.341 e. The summed E-state index contributed by atoms with van der Waals surface area (Å²) in [6, 6.07) is 12.9. The van der Waals surface area contributed by atoms with Crippen LogP contribution in [0.2, 0.25) is 0 Å². The van der Waals surface area contributed by atoms with E-state index < -0.39 is 17.9 Å². The van der Waals surface area contributed by atoms with Gasteiger partial charge in [-0.25, -0.2) is 9.18 Å². The molecule has 0 aromatic heterocycles. The number of ether oxygens (including phenoxy) is 3. The summed E-state index contributed by atoms with van der Waals surface area (Å²) in [6.07, 6.45) is -0.407.